The molecule has 4 rings (SSSR count). The molecule has 1 N–H and O–H groups in total. The standard InChI is InChI=1S/C28H27BrClN3O/c1-19-6-4-5-7-25(19)33-26(20-8-11-22(29)12-9-20)14-15-27(33)23-18-21(10-13-24(23)30)28(34)31-16-17-32(2)3/h4-15,18H,16-17H2,1-3H3,(H,31,34). The van der Waals surface area contributed by atoms with Crippen molar-refractivity contribution in [3.63, 3.8) is 0 Å². The van der Waals surface area contributed by atoms with Crippen LogP contribution < -0.4 is 5.32 Å². The second kappa shape index (κ2) is 10.6. The number of nitrogens with zero attached hydrogens (tertiary/aromatic N) is 2. The van der Waals surface area contributed by atoms with E-state index in [1.807, 2.05) is 49.3 Å². The topological polar surface area (TPSA) is 37.3 Å². The van der Waals surface area contributed by atoms with E-state index >= 15 is 0 Å². The molecule has 174 valence electrons. The first kappa shape index (κ1) is 24.3. The molecule has 1 heterocycles. The van der Waals surface area contributed by atoms with Gasteiger partial charge in [0.25, 0.3) is 5.91 Å². The Hall–Kier alpha value is -2.86. The third-order valence-electron chi connectivity index (χ3n) is 5.73. The predicted molar refractivity (Wildman–Crippen MR) is 145 cm³/mol. The quantitative estimate of drug-likeness (QED) is 0.281. The highest BCUT2D eigenvalue weighted by Crippen LogP contribution is 2.37. The van der Waals surface area contributed by atoms with Crippen LogP contribution in [0.25, 0.3) is 28.2 Å². The average Bonchev–Trinajstić information content (AvgIpc) is 3.24. The Kier molecular flexibility index (Phi) is 7.57. The molecule has 0 spiro atoms. The van der Waals surface area contributed by atoms with Crippen LogP contribution in [0.3, 0.4) is 0 Å². The number of nitrogens with one attached hydrogen (secondary N) is 1. The van der Waals surface area contributed by atoms with Crippen molar-refractivity contribution in [3.8, 4) is 28.2 Å². The lowest BCUT2D eigenvalue weighted by atomic mass is 10.1. The van der Waals surface area contributed by atoms with Gasteiger partial charge in [-0.05, 0) is 80.7 Å². The summed E-state index contributed by atoms with van der Waals surface area (Å²) < 4.78 is 3.24. The van der Waals surface area contributed by atoms with Crippen LogP contribution in [0, 0.1) is 6.92 Å². The predicted octanol–water partition coefficient (Wildman–Crippen LogP) is 6.83. The Morgan fingerprint density at radius 2 is 1.68 bits per heavy atom. The summed E-state index contributed by atoms with van der Waals surface area (Å²) in [7, 11) is 3.96. The Bertz CT molecular complexity index is 1310. The second-order valence-corrected chi connectivity index (χ2v) is 9.81. The van der Waals surface area contributed by atoms with Crippen LogP contribution in [0.15, 0.2) is 83.3 Å². The maximum atomic E-state index is 12.8. The van der Waals surface area contributed by atoms with Gasteiger partial charge >= 0.3 is 0 Å². The van der Waals surface area contributed by atoms with E-state index < -0.39 is 0 Å². The Morgan fingerprint density at radius 1 is 0.971 bits per heavy atom. The number of carbonyl (C=O) groups excluding carboxylic acids is 1. The van der Waals surface area contributed by atoms with Crippen LogP contribution in [-0.2, 0) is 0 Å². The molecule has 4 aromatic rings. The molecular formula is C28H27BrClN3O. The van der Waals surface area contributed by atoms with E-state index in [4.69, 9.17) is 11.6 Å². The summed E-state index contributed by atoms with van der Waals surface area (Å²) >= 11 is 10.2. The maximum absolute atomic E-state index is 12.8. The average molecular weight is 537 g/mol. The van der Waals surface area contributed by atoms with Gasteiger partial charge in [0.2, 0.25) is 0 Å². The van der Waals surface area contributed by atoms with Crippen LogP contribution in [0.2, 0.25) is 5.02 Å². The van der Waals surface area contributed by atoms with Crippen molar-refractivity contribution in [1.29, 1.82) is 0 Å². The lowest BCUT2D eigenvalue weighted by Gasteiger charge is -2.18. The fraction of sp³-hybridized carbons (Fsp3) is 0.179. The third-order valence-corrected chi connectivity index (χ3v) is 6.58. The van der Waals surface area contributed by atoms with Crippen molar-refractivity contribution in [1.82, 2.24) is 14.8 Å². The summed E-state index contributed by atoms with van der Waals surface area (Å²) in [4.78, 5) is 14.8. The molecular weight excluding hydrogens is 510 g/mol. The molecule has 0 aliphatic rings. The fourth-order valence-electron chi connectivity index (χ4n) is 3.92. The molecule has 1 amide bonds. The molecule has 0 saturated carbocycles. The molecule has 0 fully saturated rings. The van der Waals surface area contributed by atoms with Gasteiger partial charge in [0.1, 0.15) is 0 Å². The number of likely N-dealkylation sites (N-methyl/N-ethyl adjacent to an activating group) is 1. The highest BCUT2D eigenvalue weighted by Gasteiger charge is 2.18. The van der Waals surface area contributed by atoms with Gasteiger partial charge in [0, 0.05) is 39.4 Å². The van der Waals surface area contributed by atoms with Crippen LogP contribution in [0.4, 0.5) is 0 Å². The normalized spacial score (nSPS) is 11.1. The number of carbonyl (C=O) groups is 1. The molecule has 4 nitrogen and oxygen atoms in total. The van der Waals surface area contributed by atoms with Crippen molar-refractivity contribution < 1.29 is 4.79 Å². The summed E-state index contributed by atoms with van der Waals surface area (Å²) in [5, 5.41) is 3.58. The molecule has 0 atom stereocenters. The largest absolute Gasteiger partial charge is 0.351 e. The lowest BCUT2D eigenvalue weighted by Crippen LogP contribution is -2.31. The number of benzene rings is 3. The van der Waals surface area contributed by atoms with Crippen molar-refractivity contribution in [2.24, 2.45) is 0 Å². The fourth-order valence-corrected chi connectivity index (χ4v) is 4.40. The molecule has 3 aromatic carbocycles. The monoisotopic (exact) mass is 535 g/mol. The van der Waals surface area contributed by atoms with E-state index in [1.165, 1.54) is 0 Å². The minimum Gasteiger partial charge on any atom is -0.351 e. The molecule has 0 radical (unpaired) electrons. The van der Waals surface area contributed by atoms with Gasteiger partial charge in [-0.2, -0.15) is 0 Å². The minimum atomic E-state index is -0.109. The zero-order chi connectivity index (χ0) is 24.2. The maximum Gasteiger partial charge on any atom is 0.251 e. The van der Waals surface area contributed by atoms with E-state index in [0.29, 0.717) is 17.1 Å². The highest BCUT2D eigenvalue weighted by molar-refractivity contribution is 9.10. The zero-order valence-electron chi connectivity index (χ0n) is 19.5. The molecule has 34 heavy (non-hydrogen) atoms. The molecule has 0 bridgehead atoms. The summed E-state index contributed by atoms with van der Waals surface area (Å²) in [6, 6.07) is 26.1. The summed E-state index contributed by atoms with van der Waals surface area (Å²) in [5.74, 6) is -0.109. The molecule has 0 saturated heterocycles. The van der Waals surface area contributed by atoms with Gasteiger partial charge in [-0.3, -0.25) is 4.79 Å². The Labute approximate surface area is 214 Å². The number of halogens is 2. The minimum absolute atomic E-state index is 0.109. The number of aromatic nitrogens is 1. The Morgan fingerprint density at radius 3 is 2.38 bits per heavy atom. The third kappa shape index (κ3) is 5.27. The van der Waals surface area contributed by atoms with Crippen LogP contribution in [0.1, 0.15) is 15.9 Å². The Balaban J connectivity index is 1.83. The molecule has 1 aromatic heterocycles. The lowest BCUT2D eigenvalue weighted by molar-refractivity contribution is 0.0951. The number of hydrogen-bond acceptors (Lipinski definition) is 2. The number of amides is 1. The van der Waals surface area contributed by atoms with E-state index in [-0.39, 0.29) is 5.91 Å². The van der Waals surface area contributed by atoms with Crippen molar-refractivity contribution in [3.05, 3.63) is 99.5 Å². The first-order valence-corrected chi connectivity index (χ1v) is 12.3. The molecule has 0 aliphatic carbocycles. The summed E-state index contributed by atoms with van der Waals surface area (Å²) in [6.45, 7) is 3.46. The summed E-state index contributed by atoms with van der Waals surface area (Å²) in [5.41, 5.74) is 6.68. The van der Waals surface area contributed by atoms with E-state index in [9.17, 15) is 4.79 Å². The van der Waals surface area contributed by atoms with E-state index in [1.54, 1.807) is 12.1 Å². The van der Waals surface area contributed by atoms with Gasteiger partial charge in [-0.1, -0.05) is 57.9 Å². The van der Waals surface area contributed by atoms with Crippen molar-refractivity contribution >= 4 is 33.4 Å². The van der Waals surface area contributed by atoms with Crippen LogP contribution >= 0.6 is 27.5 Å². The zero-order valence-corrected chi connectivity index (χ0v) is 21.8. The van der Waals surface area contributed by atoms with Gasteiger partial charge < -0.3 is 14.8 Å². The molecule has 0 unspecified atom stereocenters. The van der Waals surface area contributed by atoms with Gasteiger partial charge in [0.05, 0.1) is 11.4 Å². The highest BCUT2D eigenvalue weighted by atomic mass is 79.9. The van der Waals surface area contributed by atoms with Gasteiger partial charge in [-0.15, -0.1) is 0 Å². The van der Waals surface area contributed by atoms with Gasteiger partial charge in [0.15, 0.2) is 0 Å². The molecule has 0 aliphatic heterocycles. The van der Waals surface area contributed by atoms with Crippen molar-refractivity contribution in [2.75, 3.05) is 27.2 Å². The van der Waals surface area contributed by atoms with Gasteiger partial charge in [-0.25, -0.2) is 0 Å². The summed E-state index contributed by atoms with van der Waals surface area (Å²) in [6.07, 6.45) is 0. The number of para-hydroxylation sites is 1. The smallest absolute Gasteiger partial charge is 0.251 e. The molecule has 6 heteroatoms. The first-order valence-electron chi connectivity index (χ1n) is 11.1. The number of aryl methyl sites for hydroxylation is 1. The SMILES string of the molecule is Cc1ccccc1-n1c(-c2ccc(Br)cc2)ccc1-c1cc(C(=O)NCCN(C)C)ccc1Cl. The van der Waals surface area contributed by atoms with E-state index in [0.717, 1.165) is 44.8 Å². The first-order chi connectivity index (χ1) is 16.3. The van der Waals surface area contributed by atoms with Crippen LogP contribution in [-0.4, -0.2) is 42.6 Å². The second-order valence-electron chi connectivity index (χ2n) is 8.49. The van der Waals surface area contributed by atoms with E-state index in [2.05, 4.69) is 69.1 Å². The number of hydrogen-bond donors (Lipinski definition) is 1. The number of rotatable bonds is 7. The van der Waals surface area contributed by atoms with Crippen LogP contribution in [0.5, 0.6) is 0 Å². The van der Waals surface area contributed by atoms with Crippen molar-refractivity contribution in [2.45, 2.75) is 6.92 Å².